The van der Waals surface area contributed by atoms with Crippen LogP contribution in [0.4, 0.5) is 5.69 Å². The van der Waals surface area contributed by atoms with E-state index in [0.29, 0.717) is 16.8 Å². The highest BCUT2D eigenvalue weighted by atomic mass is 32.1. The van der Waals surface area contributed by atoms with Crippen molar-refractivity contribution >= 4 is 28.8 Å². The highest BCUT2D eigenvalue weighted by molar-refractivity contribution is 7.80. The maximum atomic E-state index is 11.8. The second kappa shape index (κ2) is 4.80. The first-order valence-electron chi connectivity index (χ1n) is 4.91. The van der Waals surface area contributed by atoms with Crippen LogP contribution in [0.25, 0.3) is 0 Å². The van der Waals surface area contributed by atoms with Gasteiger partial charge in [-0.3, -0.25) is 4.79 Å². The van der Waals surface area contributed by atoms with Gasteiger partial charge in [0.2, 0.25) is 0 Å². The van der Waals surface area contributed by atoms with Gasteiger partial charge in [0, 0.05) is 5.56 Å². The van der Waals surface area contributed by atoms with Crippen molar-refractivity contribution < 1.29 is 9.21 Å². The number of rotatable bonds is 3. The standard InChI is InChI=1S/C12H10N2O2S/c13-11(17)9-3-1-2-4-10(9)14-12(15)8-5-6-16-7-8/h1-7H,(H2,13,17)(H,14,15). The van der Waals surface area contributed by atoms with E-state index in [9.17, 15) is 4.79 Å². The third-order valence-electron chi connectivity index (χ3n) is 2.22. The number of benzene rings is 1. The molecule has 1 aromatic carbocycles. The topological polar surface area (TPSA) is 68.3 Å². The molecule has 0 saturated heterocycles. The number of carbonyl (C=O) groups is 1. The van der Waals surface area contributed by atoms with Crippen LogP contribution >= 0.6 is 12.2 Å². The molecule has 2 aromatic rings. The van der Waals surface area contributed by atoms with Crippen molar-refractivity contribution in [3.63, 3.8) is 0 Å². The van der Waals surface area contributed by atoms with Crippen molar-refractivity contribution in [2.75, 3.05) is 5.32 Å². The molecule has 0 aliphatic rings. The molecule has 1 heterocycles. The molecule has 1 amide bonds. The Labute approximate surface area is 103 Å². The van der Waals surface area contributed by atoms with E-state index in [1.807, 2.05) is 6.07 Å². The normalized spacial score (nSPS) is 9.88. The first-order chi connectivity index (χ1) is 8.18. The highest BCUT2D eigenvalue weighted by Crippen LogP contribution is 2.16. The van der Waals surface area contributed by atoms with E-state index in [1.165, 1.54) is 12.5 Å². The molecule has 0 aliphatic carbocycles. The molecule has 86 valence electrons. The summed E-state index contributed by atoms with van der Waals surface area (Å²) >= 11 is 4.91. The van der Waals surface area contributed by atoms with E-state index < -0.39 is 0 Å². The number of thiocarbonyl (C=S) groups is 1. The van der Waals surface area contributed by atoms with Crippen LogP contribution in [0.1, 0.15) is 15.9 Å². The first kappa shape index (κ1) is 11.3. The molecule has 0 fully saturated rings. The van der Waals surface area contributed by atoms with E-state index in [-0.39, 0.29) is 10.9 Å². The number of nitrogens with one attached hydrogen (secondary N) is 1. The molecule has 0 aliphatic heterocycles. The van der Waals surface area contributed by atoms with Crippen molar-refractivity contribution in [2.45, 2.75) is 0 Å². The summed E-state index contributed by atoms with van der Waals surface area (Å²) in [6.07, 6.45) is 2.81. The van der Waals surface area contributed by atoms with Gasteiger partial charge >= 0.3 is 0 Å². The fourth-order valence-corrected chi connectivity index (χ4v) is 1.57. The van der Waals surface area contributed by atoms with E-state index in [1.54, 1.807) is 24.3 Å². The maximum absolute atomic E-state index is 11.8. The molecular formula is C12H10N2O2S. The van der Waals surface area contributed by atoms with E-state index in [4.69, 9.17) is 22.4 Å². The molecule has 0 atom stereocenters. The molecule has 0 radical (unpaired) electrons. The van der Waals surface area contributed by atoms with Gasteiger partial charge in [-0.2, -0.15) is 0 Å². The molecule has 5 heteroatoms. The Morgan fingerprint density at radius 1 is 1.29 bits per heavy atom. The molecular weight excluding hydrogens is 236 g/mol. The van der Waals surface area contributed by atoms with E-state index >= 15 is 0 Å². The number of hydrogen-bond donors (Lipinski definition) is 2. The molecule has 0 spiro atoms. The molecule has 2 rings (SSSR count). The second-order valence-corrected chi connectivity index (χ2v) is 3.82. The Kier molecular flexibility index (Phi) is 3.20. The summed E-state index contributed by atoms with van der Waals surface area (Å²) in [6, 6.07) is 8.69. The van der Waals surface area contributed by atoms with Gasteiger partial charge in [-0.1, -0.05) is 24.4 Å². The lowest BCUT2D eigenvalue weighted by atomic mass is 10.1. The first-order valence-corrected chi connectivity index (χ1v) is 5.31. The van der Waals surface area contributed by atoms with Crippen LogP contribution in [0.3, 0.4) is 0 Å². The molecule has 4 nitrogen and oxygen atoms in total. The number of carbonyl (C=O) groups excluding carboxylic acids is 1. The van der Waals surface area contributed by atoms with Gasteiger partial charge in [-0.15, -0.1) is 0 Å². The van der Waals surface area contributed by atoms with E-state index in [0.717, 1.165) is 0 Å². The summed E-state index contributed by atoms with van der Waals surface area (Å²) in [5.41, 5.74) is 7.24. The number of para-hydroxylation sites is 1. The van der Waals surface area contributed by atoms with Gasteiger partial charge in [0.1, 0.15) is 11.3 Å². The minimum Gasteiger partial charge on any atom is -0.472 e. The second-order valence-electron chi connectivity index (χ2n) is 3.38. The lowest BCUT2D eigenvalue weighted by Crippen LogP contribution is -2.17. The summed E-state index contributed by atoms with van der Waals surface area (Å²) in [5.74, 6) is -0.262. The Balaban J connectivity index is 2.25. The third kappa shape index (κ3) is 2.51. The average molecular weight is 246 g/mol. The Bertz CT molecular complexity index is 549. The molecule has 0 saturated carbocycles. The van der Waals surface area contributed by atoms with Crippen molar-refractivity contribution in [2.24, 2.45) is 5.73 Å². The maximum Gasteiger partial charge on any atom is 0.258 e. The molecule has 1 aromatic heterocycles. The van der Waals surface area contributed by atoms with Crippen LogP contribution in [0, 0.1) is 0 Å². The zero-order valence-corrected chi connectivity index (χ0v) is 9.66. The highest BCUT2D eigenvalue weighted by Gasteiger charge is 2.10. The fourth-order valence-electron chi connectivity index (χ4n) is 1.40. The van der Waals surface area contributed by atoms with Gasteiger partial charge in [-0.05, 0) is 18.2 Å². The van der Waals surface area contributed by atoms with Gasteiger partial charge in [0.05, 0.1) is 17.5 Å². The largest absolute Gasteiger partial charge is 0.472 e. The predicted molar refractivity (Wildman–Crippen MR) is 69.0 cm³/mol. The van der Waals surface area contributed by atoms with Crippen LogP contribution in [-0.2, 0) is 0 Å². The van der Waals surface area contributed by atoms with Crippen LogP contribution in [0.5, 0.6) is 0 Å². The molecule has 0 bridgehead atoms. The number of hydrogen-bond acceptors (Lipinski definition) is 3. The van der Waals surface area contributed by atoms with Crippen LogP contribution < -0.4 is 11.1 Å². The molecule has 3 N–H and O–H groups in total. The third-order valence-corrected chi connectivity index (χ3v) is 2.44. The summed E-state index contributed by atoms with van der Waals surface area (Å²) in [5, 5.41) is 2.73. The Hall–Kier alpha value is -2.14. The smallest absolute Gasteiger partial charge is 0.258 e. The van der Waals surface area contributed by atoms with Crippen molar-refractivity contribution in [1.29, 1.82) is 0 Å². The van der Waals surface area contributed by atoms with Crippen molar-refractivity contribution in [3.05, 3.63) is 54.0 Å². The van der Waals surface area contributed by atoms with Crippen LogP contribution in [0.15, 0.2) is 47.3 Å². The summed E-state index contributed by atoms with van der Waals surface area (Å²) in [7, 11) is 0. The van der Waals surface area contributed by atoms with Gasteiger partial charge in [-0.25, -0.2) is 0 Å². The number of nitrogens with two attached hydrogens (primary N) is 1. The summed E-state index contributed by atoms with van der Waals surface area (Å²) in [4.78, 5) is 12.0. The molecule has 17 heavy (non-hydrogen) atoms. The van der Waals surface area contributed by atoms with Gasteiger partial charge in [0.15, 0.2) is 0 Å². The Morgan fingerprint density at radius 2 is 2.06 bits per heavy atom. The lowest BCUT2D eigenvalue weighted by Gasteiger charge is -2.08. The summed E-state index contributed by atoms with van der Waals surface area (Å²) in [6.45, 7) is 0. The number of anilines is 1. The van der Waals surface area contributed by atoms with Crippen LogP contribution in [0.2, 0.25) is 0 Å². The monoisotopic (exact) mass is 246 g/mol. The SMILES string of the molecule is NC(=S)c1ccccc1NC(=O)c1ccoc1. The predicted octanol–water partition coefficient (Wildman–Crippen LogP) is 2.17. The fraction of sp³-hybridized carbons (Fsp3) is 0. The molecule has 0 unspecified atom stereocenters. The van der Waals surface area contributed by atoms with Crippen molar-refractivity contribution in [1.82, 2.24) is 0 Å². The van der Waals surface area contributed by atoms with Gasteiger partial charge in [0.25, 0.3) is 5.91 Å². The Morgan fingerprint density at radius 3 is 2.71 bits per heavy atom. The quantitative estimate of drug-likeness (QED) is 0.814. The zero-order chi connectivity index (χ0) is 12.3. The van der Waals surface area contributed by atoms with Gasteiger partial charge < -0.3 is 15.5 Å². The minimum absolute atomic E-state index is 0.244. The average Bonchev–Trinajstić information content (AvgIpc) is 2.83. The van der Waals surface area contributed by atoms with Crippen LogP contribution in [-0.4, -0.2) is 10.9 Å². The van der Waals surface area contributed by atoms with E-state index in [2.05, 4.69) is 5.32 Å². The number of amides is 1. The van der Waals surface area contributed by atoms with Crippen molar-refractivity contribution in [3.8, 4) is 0 Å². The minimum atomic E-state index is -0.262. The lowest BCUT2D eigenvalue weighted by molar-refractivity contribution is 0.102. The summed E-state index contributed by atoms with van der Waals surface area (Å²) < 4.78 is 4.84. The number of furan rings is 1. The zero-order valence-electron chi connectivity index (χ0n) is 8.84.